The van der Waals surface area contributed by atoms with Crippen LogP contribution in [0.1, 0.15) is 92.9 Å². The summed E-state index contributed by atoms with van der Waals surface area (Å²) in [6, 6.07) is 0. The second-order valence-corrected chi connectivity index (χ2v) is 9.27. The molecule has 0 saturated carbocycles. The summed E-state index contributed by atoms with van der Waals surface area (Å²) < 4.78 is 16.9. The Bertz CT molecular complexity index is 263. The van der Waals surface area contributed by atoms with E-state index >= 15 is 0 Å². The number of hydrogen-bond acceptors (Lipinski definition) is 3. The van der Waals surface area contributed by atoms with E-state index in [4.69, 9.17) is 14.2 Å². The molecule has 0 heterocycles. The summed E-state index contributed by atoms with van der Waals surface area (Å²) in [5, 5.41) is 0. The zero-order valence-corrected chi connectivity index (χ0v) is 19.4. The molecule has 0 amide bonds. The molecule has 0 radical (unpaired) electrons. The lowest BCUT2D eigenvalue weighted by atomic mass is 9.98. The summed E-state index contributed by atoms with van der Waals surface area (Å²) >= 11 is 0. The van der Waals surface area contributed by atoms with E-state index in [-0.39, 0.29) is 0 Å². The standard InChI is InChI=1S/C24H50O3/c1-21(2)9-7-11-23(5)13-15-25-17-19-27-20-18-26-16-14-24(6)12-8-10-22(3)4/h21-24H,7-20H2,1-6H3. The summed E-state index contributed by atoms with van der Waals surface area (Å²) in [5.74, 6) is 3.19. The zero-order valence-electron chi connectivity index (χ0n) is 19.4. The Labute approximate surface area is 170 Å². The average molecular weight is 387 g/mol. The first-order valence-corrected chi connectivity index (χ1v) is 11.6. The van der Waals surface area contributed by atoms with E-state index in [2.05, 4.69) is 41.5 Å². The van der Waals surface area contributed by atoms with Crippen LogP contribution in [0.4, 0.5) is 0 Å². The Balaban J connectivity index is 3.22. The van der Waals surface area contributed by atoms with Crippen molar-refractivity contribution < 1.29 is 14.2 Å². The molecule has 27 heavy (non-hydrogen) atoms. The third kappa shape index (κ3) is 22.0. The first kappa shape index (κ1) is 26.9. The molecule has 0 aliphatic carbocycles. The van der Waals surface area contributed by atoms with Crippen molar-refractivity contribution in [3.8, 4) is 0 Å². The predicted molar refractivity (Wildman–Crippen MR) is 117 cm³/mol. The Morgan fingerprint density at radius 1 is 0.407 bits per heavy atom. The molecule has 0 aliphatic rings. The van der Waals surface area contributed by atoms with Gasteiger partial charge in [-0.1, -0.05) is 80.1 Å². The number of hydrogen-bond donors (Lipinski definition) is 0. The molecule has 0 aromatic heterocycles. The van der Waals surface area contributed by atoms with Gasteiger partial charge in [-0.25, -0.2) is 0 Å². The van der Waals surface area contributed by atoms with Crippen molar-refractivity contribution >= 4 is 0 Å². The lowest BCUT2D eigenvalue weighted by molar-refractivity contribution is 0.0104. The van der Waals surface area contributed by atoms with Gasteiger partial charge in [-0.05, 0) is 36.5 Å². The van der Waals surface area contributed by atoms with Gasteiger partial charge in [0.2, 0.25) is 0 Å². The van der Waals surface area contributed by atoms with E-state index in [1.165, 1.54) is 38.5 Å². The molecule has 0 spiro atoms. The van der Waals surface area contributed by atoms with Gasteiger partial charge in [0, 0.05) is 13.2 Å². The summed E-state index contributed by atoms with van der Waals surface area (Å²) in [6.07, 6.45) is 10.4. The van der Waals surface area contributed by atoms with Gasteiger partial charge in [0.15, 0.2) is 0 Å². The second kappa shape index (κ2) is 19.2. The summed E-state index contributed by atoms with van der Waals surface area (Å²) in [4.78, 5) is 0. The maximum atomic E-state index is 5.68. The summed E-state index contributed by atoms with van der Waals surface area (Å²) in [7, 11) is 0. The van der Waals surface area contributed by atoms with E-state index in [9.17, 15) is 0 Å². The minimum atomic E-state index is 0.677. The molecule has 0 N–H and O–H groups in total. The van der Waals surface area contributed by atoms with Crippen LogP contribution in [0.3, 0.4) is 0 Å². The maximum absolute atomic E-state index is 5.68. The molecule has 3 nitrogen and oxygen atoms in total. The van der Waals surface area contributed by atoms with E-state index in [0.29, 0.717) is 26.4 Å². The van der Waals surface area contributed by atoms with Crippen LogP contribution in [-0.4, -0.2) is 39.6 Å². The van der Waals surface area contributed by atoms with Crippen LogP contribution in [0.25, 0.3) is 0 Å². The molecule has 0 fully saturated rings. The Morgan fingerprint density at radius 2 is 0.741 bits per heavy atom. The Morgan fingerprint density at radius 3 is 1.07 bits per heavy atom. The van der Waals surface area contributed by atoms with Crippen LogP contribution in [0, 0.1) is 23.7 Å². The predicted octanol–water partition coefficient (Wildman–Crippen LogP) is 6.74. The Hall–Kier alpha value is -0.120. The highest BCUT2D eigenvalue weighted by Crippen LogP contribution is 2.16. The number of rotatable bonds is 20. The molecule has 2 unspecified atom stereocenters. The van der Waals surface area contributed by atoms with Crippen molar-refractivity contribution in [1.82, 2.24) is 0 Å². The van der Waals surface area contributed by atoms with Gasteiger partial charge in [-0.2, -0.15) is 0 Å². The molecule has 2 atom stereocenters. The van der Waals surface area contributed by atoms with Crippen molar-refractivity contribution in [2.24, 2.45) is 23.7 Å². The lowest BCUT2D eigenvalue weighted by Crippen LogP contribution is -2.12. The topological polar surface area (TPSA) is 27.7 Å². The highest BCUT2D eigenvalue weighted by molar-refractivity contribution is 4.56. The zero-order chi connectivity index (χ0) is 20.3. The monoisotopic (exact) mass is 386 g/mol. The molecular formula is C24H50O3. The summed E-state index contributed by atoms with van der Waals surface area (Å²) in [5.41, 5.74) is 0. The van der Waals surface area contributed by atoms with Gasteiger partial charge in [-0.3, -0.25) is 0 Å². The molecule has 0 aliphatic heterocycles. The first-order valence-electron chi connectivity index (χ1n) is 11.6. The fourth-order valence-corrected chi connectivity index (χ4v) is 3.15. The first-order chi connectivity index (χ1) is 12.9. The third-order valence-corrected chi connectivity index (χ3v) is 5.21. The van der Waals surface area contributed by atoms with Crippen molar-refractivity contribution in [2.75, 3.05) is 39.6 Å². The minimum absolute atomic E-state index is 0.677. The second-order valence-electron chi connectivity index (χ2n) is 9.27. The van der Waals surface area contributed by atoms with Gasteiger partial charge >= 0.3 is 0 Å². The fraction of sp³-hybridized carbons (Fsp3) is 1.00. The molecule has 0 saturated heterocycles. The molecule has 164 valence electrons. The van der Waals surface area contributed by atoms with Crippen molar-refractivity contribution in [3.63, 3.8) is 0 Å². The molecular weight excluding hydrogens is 336 g/mol. The maximum Gasteiger partial charge on any atom is 0.0701 e. The average Bonchev–Trinajstić information content (AvgIpc) is 2.59. The highest BCUT2D eigenvalue weighted by Gasteiger charge is 2.04. The lowest BCUT2D eigenvalue weighted by Gasteiger charge is -2.13. The van der Waals surface area contributed by atoms with Crippen molar-refractivity contribution in [2.45, 2.75) is 92.9 Å². The van der Waals surface area contributed by atoms with Crippen LogP contribution in [0.15, 0.2) is 0 Å². The van der Waals surface area contributed by atoms with Crippen LogP contribution in [0.5, 0.6) is 0 Å². The number of ether oxygens (including phenoxy) is 3. The van der Waals surface area contributed by atoms with Crippen LogP contribution in [0.2, 0.25) is 0 Å². The van der Waals surface area contributed by atoms with Gasteiger partial charge in [0.1, 0.15) is 0 Å². The molecule has 0 bridgehead atoms. The van der Waals surface area contributed by atoms with E-state index in [0.717, 1.165) is 49.7 Å². The molecule has 0 aromatic rings. The largest absolute Gasteiger partial charge is 0.379 e. The fourth-order valence-electron chi connectivity index (χ4n) is 3.15. The van der Waals surface area contributed by atoms with Crippen molar-refractivity contribution in [1.29, 1.82) is 0 Å². The van der Waals surface area contributed by atoms with Gasteiger partial charge < -0.3 is 14.2 Å². The Kier molecular flexibility index (Phi) is 19.1. The van der Waals surface area contributed by atoms with Crippen LogP contribution >= 0.6 is 0 Å². The van der Waals surface area contributed by atoms with Crippen LogP contribution in [-0.2, 0) is 14.2 Å². The molecule has 0 aromatic carbocycles. The van der Waals surface area contributed by atoms with E-state index < -0.39 is 0 Å². The van der Waals surface area contributed by atoms with E-state index in [1.807, 2.05) is 0 Å². The highest BCUT2D eigenvalue weighted by atomic mass is 16.5. The van der Waals surface area contributed by atoms with Crippen LogP contribution < -0.4 is 0 Å². The SMILES string of the molecule is CC(C)CCCC(C)CCOCCOCCOCCC(C)CCCC(C)C. The smallest absolute Gasteiger partial charge is 0.0701 e. The molecule has 0 rings (SSSR count). The van der Waals surface area contributed by atoms with Gasteiger partial charge in [0.25, 0.3) is 0 Å². The summed E-state index contributed by atoms with van der Waals surface area (Å²) in [6.45, 7) is 18.3. The normalized spacial score (nSPS) is 14.2. The third-order valence-electron chi connectivity index (χ3n) is 5.21. The quantitative estimate of drug-likeness (QED) is 0.217. The molecule has 3 heteroatoms. The van der Waals surface area contributed by atoms with E-state index in [1.54, 1.807) is 0 Å². The van der Waals surface area contributed by atoms with Crippen molar-refractivity contribution in [3.05, 3.63) is 0 Å². The van der Waals surface area contributed by atoms with Gasteiger partial charge in [-0.15, -0.1) is 0 Å². The minimum Gasteiger partial charge on any atom is -0.379 e. The van der Waals surface area contributed by atoms with Gasteiger partial charge in [0.05, 0.1) is 26.4 Å².